The molecule has 0 heterocycles. The molecule has 0 spiro atoms. The van der Waals surface area contributed by atoms with Gasteiger partial charge in [-0.1, -0.05) is 0 Å². The first-order valence-electron chi connectivity index (χ1n) is 6.01. The van der Waals surface area contributed by atoms with Crippen molar-refractivity contribution in [3.05, 3.63) is 48.5 Å². The Bertz CT molecular complexity index is 574. The van der Waals surface area contributed by atoms with Gasteiger partial charge in [0.25, 0.3) is 0 Å². The van der Waals surface area contributed by atoms with Gasteiger partial charge in [0, 0.05) is 0 Å². The topological polar surface area (TPSA) is 76.0 Å². The van der Waals surface area contributed by atoms with Crippen molar-refractivity contribution < 1.29 is 24.5 Å². The zero-order chi connectivity index (χ0) is 14.5. The summed E-state index contributed by atoms with van der Waals surface area (Å²) in [4.78, 5) is 10.7. The van der Waals surface area contributed by atoms with Gasteiger partial charge in [0.15, 0.2) is 6.10 Å². The fourth-order valence-corrected chi connectivity index (χ4v) is 1.49. The van der Waals surface area contributed by atoms with Crippen molar-refractivity contribution in [2.45, 2.75) is 13.0 Å². The Morgan fingerprint density at radius 2 is 1.40 bits per heavy atom. The van der Waals surface area contributed by atoms with Gasteiger partial charge in [-0.05, 0) is 55.5 Å². The Balaban J connectivity index is 2.01. The van der Waals surface area contributed by atoms with E-state index in [1.165, 1.54) is 19.1 Å². The van der Waals surface area contributed by atoms with Crippen molar-refractivity contribution in [3.8, 4) is 23.0 Å². The first kappa shape index (κ1) is 13.7. The molecule has 1 unspecified atom stereocenters. The minimum absolute atomic E-state index is 0.170. The Morgan fingerprint density at radius 3 is 1.90 bits per heavy atom. The molecule has 0 amide bonds. The van der Waals surface area contributed by atoms with Crippen LogP contribution in [-0.4, -0.2) is 22.3 Å². The molecule has 5 nitrogen and oxygen atoms in total. The lowest BCUT2D eigenvalue weighted by molar-refractivity contribution is -0.144. The summed E-state index contributed by atoms with van der Waals surface area (Å²) in [5.74, 6) is 0.789. The van der Waals surface area contributed by atoms with Crippen LogP contribution in [0.5, 0.6) is 23.0 Å². The summed E-state index contributed by atoms with van der Waals surface area (Å²) in [6.45, 7) is 1.46. The minimum atomic E-state index is -1.02. The SMILES string of the molecule is CC(Oc1ccc(Oc2ccc(O)cc2)cc1)C(=O)O. The molecule has 2 rings (SSSR count). The van der Waals surface area contributed by atoms with Crippen molar-refractivity contribution in [2.75, 3.05) is 0 Å². The van der Waals surface area contributed by atoms with Crippen LogP contribution in [0.4, 0.5) is 0 Å². The first-order chi connectivity index (χ1) is 9.54. The molecule has 0 saturated heterocycles. The molecular weight excluding hydrogens is 260 g/mol. The zero-order valence-electron chi connectivity index (χ0n) is 10.8. The van der Waals surface area contributed by atoms with E-state index in [1.54, 1.807) is 36.4 Å². The predicted molar refractivity (Wildman–Crippen MR) is 72.3 cm³/mol. The molecular formula is C15H14O5. The molecule has 0 aliphatic rings. The summed E-state index contributed by atoms with van der Waals surface area (Å²) < 4.78 is 10.8. The molecule has 2 N–H and O–H groups in total. The van der Waals surface area contributed by atoms with Crippen molar-refractivity contribution >= 4 is 5.97 Å². The molecule has 1 atom stereocenters. The fourth-order valence-electron chi connectivity index (χ4n) is 1.49. The highest BCUT2D eigenvalue weighted by atomic mass is 16.5. The molecule has 5 heteroatoms. The second kappa shape index (κ2) is 5.97. The molecule has 0 aliphatic heterocycles. The number of ether oxygens (including phenoxy) is 2. The third-order valence-electron chi connectivity index (χ3n) is 2.56. The smallest absolute Gasteiger partial charge is 0.344 e. The average Bonchev–Trinajstić information content (AvgIpc) is 2.43. The van der Waals surface area contributed by atoms with Gasteiger partial charge in [-0.15, -0.1) is 0 Å². The van der Waals surface area contributed by atoms with Crippen LogP contribution in [0.1, 0.15) is 6.92 Å². The van der Waals surface area contributed by atoms with Crippen LogP contribution in [0.3, 0.4) is 0 Å². The van der Waals surface area contributed by atoms with Gasteiger partial charge in [0.1, 0.15) is 23.0 Å². The fraction of sp³-hybridized carbons (Fsp3) is 0.133. The Hall–Kier alpha value is -2.69. The van der Waals surface area contributed by atoms with Gasteiger partial charge in [-0.3, -0.25) is 0 Å². The number of phenolic OH excluding ortho intramolecular Hbond substituents is 1. The highest BCUT2D eigenvalue weighted by Gasteiger charge is 2.12. The maximum absolute atomic E-state index is 10.7. The van der Waals surface area contributed by atoms with E-state index in [2.05, 4.69) is 0 Å². The van der Waals surface area contributed by atoms with Crippen molar-refractivity contribution in [1.29, 1.82) is 0 Å². The lowest BCUT2D eigenvalue weighted by atomic mass is 10.3. The van der Waals surface area contributed by atoms with Crippen molar-refractivity contribution in [1.82, 2.24) is 0 Å². The number of hydrogen-bond donors (Lipinski definition) is 2. The molecule has 2 aromatic rings. The Kier molecular flexibility index (Phi) is 4.10. The van der Waals surface area contributed by atoms with Gasteiger partial charge in [0.2, 0.25) is 0 Å². The maximum Gasteiger partial charge on any atom is 0.344 e. The van der Waals surface area contributed by atoms with Crippen LogP contribution in [0, 0.1) is 0 Å². The number of carbonyl (C=O) groups is 1. The normalized spacial score (nSPS) is 11.7. The molecule has 104 valence electrons. The van der Waals surface area contributed by atoms with Crippen LogP contribution in [0.2, 0.25) is 0 Å². The van der Waals surface area contributed by atoms with E-state index >= 15 is 0 Å². The lowest BCUT2D eigenvalue weighted by Gasteiger charge is -2.11. The molecule has 0 fully saturated rings. The number of benzene rings is 2. The second-order valence-corrected chi connectivity index (χ2v) is 4.17. The maximum atomic E-state index is 10.7. The van der Waals surface area contributed by atoms with Crippen LogP contribution in [0.25, 0.3) is 0 Å². The van der Waals surface area contributed by atoms with E-state index in [1.807, 2.05) is 0 Å². The van der Waals surface area contributed by atoms with Gasteiger partial charge < -0.3 is 19.7 Å². The average molecular weight is 274 g/mol. The summed E-state index contributed by atoms with van der Waals surface area (Å²) >= 11 is 0. The van der Waals surface area contributed by atoms with Gasteiger partial charge in [0.05, 0.1) is 0 Å². The van der Waals surface area contributed by atoms with Gasteiger partial charge in [-0.2, -0.15) is 0 Å². The Labute approximate surface area is 116 Å². The molecule has 0 saturated carbocycles. The van der Waals surface area contributed by atoms with Crippen molar-refractivity contribution in [2.24, 2.45) is 0 Å². The monoisotopic (exact) mass is 274 g/mol. The highest BCUT2D eigenvalue weighted by Crippen LogP contribution is 2.25. The van der Waals surface area contributed by atoms with E-state index in [-0.39, 0.29) is 5.75 Å². The number of carboxylic acid groups (broad SMARTS) is 1. The van der Waals surface area contributed by atoms with Crippen molar-refractivity contribution in [3.63, 3.8) is 0 Å². The van der Waals surface area contributed by atoms with E-state index in [9.17, 15) is 4.79 Å². The molecule has 2 aromatic carbocycles. The van der Waals surface area contributed by atoms with Gasteiger partial charge >= 0.3 is 5.97 Å². The Morgan fingerprint density at radius 1 is 0.950 bits per heavy atom. The third-order valence-corrected chi connectivity index (χ3v) is 2.56. The van der Waals surface area contributed by atoms with E-state index in [0.29, 0.717) is 17.2 Å². The molecule has 0 aromatic heterocycles. The van der Waals surface area contributed by atoms with Crippen LogP contribution in [0.15, 0.2) is 48.5 Å². The largest absolute Gasteiger partial charge is 0.508 e. The van der Waals surface area contributed by atoms with E-state index in [4.69, 9.17) is 19.7 Å². The molecule has 20 heavy (non-hydrogen) atoms. The number of carboxylic acids is 1. The molecule has 0 aliphatic carbocycles. The molecule has 0 radical (unpaired) electrons. The quantitative estimate of drug-likeness (QED) is 0.876. The summed E-state index contributed by atoms with van der Waals surface area (Å²) in [6, 6.07) is 13.0. The summed E-state index contributed by atoms with van der Waals surface area (Å²) in [5.41, 5.74) is 0. The summed E-state index contributed by atoms with van der Waals surface area (Å²) in [7, 11) is 0. The third kappa shape index (κ3) is 3.65. The number of phenols is 1. The van der Waals surface area contributed by atoms with E-state index < -0.39 is 12.1 Å². The number of aromatic hydroxyl groups is 1. The molecule has 0 bridgehead atoms. The van der Waals surface area contributed by atoms with Crippen LogP contribution >= 0.6 is 0 Å². The minimum Gasteiger partial charge on any atom is -0.508 e. The second-order valence-electron chi connectivity index (χ2n) is 4.17. The van der Waals surface area contributed by atoms with Crippen LogP contribution < -0.4 is 9.47 Å². The zero-order valence-corrected chi connectivity index (χ0v) is 10.8. The number of aliphatic carboxylic acids is 1. The first-order valence-corrected chi connectivity index (χ1v) is 6.01. The van der Waals surface area contributed by atoms with Gasteiger partial charge in [-0.25, -0.2) is 4.79 Å². The summed E-state index contributed by atoms with van der Waals surface area (Å²) in [5, 5.41) is 17.9. The highest BCUT2D eigenvalue weighted by molar-refractivity contribution is 5.72. The predicted octanol–water partition coefficient (Wildman–Crippen LogP) is 3.04. The number of hydrogen-bond acceptors (Lipinski definition) is 4. The standard InChI is InChI=1S/C15H14O5/c1-10(15(17)18)19-12-6-8-14(9-7-12)20-13-4-2-11(16)3-5-13/h2-10,16H,1H3,(H,17,18). The number of rotatable bonds is 5. The van der Waals surface area contributed by atoms with E-state index in [0.717, 1.165) is 0 Å². The lowest BCUT2D eigenvalue weighted by Crippen LogP contribution is -2.22. The van der Waals surface area contributed by atoms with Crippen LogP contribution in [-0.2, 0) is 4.79 Å². The summed E-state index contributed by atoms with van der Waals surface area (Å²) in [6.07, 6.45) is -0.904.